The maximum atomic E-state index is 13.3. The second kappa shape index (κ2) is 11.2. The molecule has 1 amide bonds. The molecule has 2 aromatic carbocycles. The highest BCUT2D eigenvalue weighted by atomic mass is 32.1. The number of allylic oxidation sites excluding steroid dienone is 1. The molecule has 0 unspecified atom stereocenters. The van der Waals surface area contributed by atoms with Crippen molar-refractivity contribution in [1.82, 2.24) is 4.90 Å². The predicted octanol–water partition coefficient (Wildman–Crippen LogP) is 4.26. The van der Waals surface area contributed by atoms with Crippen LogP contribution in [-0.2, 0) is 9.53 Å². The Morgan fingerprint density at radius 2 is 1.75 bits per heavy atom. The molecule has 1 fully saturated rings. The smallest absolute Gasteiger partial charge is 0.335 e. The first-order valence-corrected chi connectivity index (χ1v) is 12.1. The number of carboxylic acids is 1. The number of nitrogens with zero attached hydrogens (tertiary/aromatic N) is 1. The Morgan fingerprint density at radius 3 is 2.36 bits per heavy atom. The molecule has 1 aliphatic rings. The third kappa shape index (κ3) is 5.48. The number of carbonyl (C=O) groups is 3. The van der Waals surface area contributed by atoms with E-state index >= 15 is 0 Å². The van der Waals surface area contributed by atoms with Crippen LogP contribution in [0.4, 0.5) is 0 Å². The molecule has 1 N–H and O–H groups in total. The Hall–Kier alpha value is -3.95. The van der Waals surface area contributed by atoms with E-state index in [0.29, 0.717) is 37.6 Å². The molecule has 1 saturated heterocycles. The summed E-state index contributed by atoms with van der Waals surface area (Å²) in [6.45, 7) is 5.74. The lowest BCUT2D eigenvalue weighted by molar-refractivity contribution is -0.137. The average Bonchev–Trinajstić information content (AvgIpc) is 3.46. The molecule has 4 rings (SSSR count). The van der Waals surface area contributed by atoms with Crippen molar-refractivity contribution in [2.75, 3.05) is 40.0 Å². The number of ketones is 1. The number of hydrogen-bond acceptors (Lipinski definition) is 7. The third-order valence-electron chi connectivity index (χ3n) is 5.80. The maximum Gasteiger partial charge on any atom is 0.335 e. The molecule has 2 heterocycles. The summed E-state index contributed by atoms with van der Waals surface area (Å²) in [7, 11) is 1.54. The lowest BCUT2D eigenvalue weighted by Crippen LogP contribution is -2.43. The van der Waals surface area contributed by atoms with Crippen molar-refractivity contribution in [3.63, 3.8) is 0 Å². The van der Waals surface area contributed by atoms with Gasteiger partial charge in [0.1, 0.15) is 11.5 Å². The summed E-state index contributed by atoms with van der Waals surface area (Å²) in [5.41, 5.74) is 1.68. The highest BCUT2D eigenvalue weighted by Crippen LogP contribution is 2.41. The van der Waals surface area contributed by atoms with Crippen LogP contribution in [-0.4, -0.2) is 67.7 Å². The number of amides is 1. The van der Waals surface area contributed by atoms with Gasteiger partial charge in [0, 0.05) is 46.3 Å². The minimum absolute atomic E-state index is 0.0761. The van der Waals surface area contributed by atoms with Crippen LogP contribution in [0.25, 0.3) is 16.0 Å². The van der Waals surface area contributed by atoms with Gasteiger partial charge in [0.05, 0.1) is 25.9 Å². The summed E-state index contributed by atoms with van der Waals surface area (Å²) in [5.74, 6) is -0.843. The van der Waals surface area contributed by atoms with E-state index in [1.54, 1.807) is 24.1 Å². The van der Waals surface area contributed by atoms with E-state index in [9.17, 15) is 14.4 Å². The highest BCUT2D eigenvalue weighted by molar-refractivity contribution is 7.13. The molecule has 36 heavy (non-hydrogen) atoms. The van der Waals surface area contributed by atoms with Crippen LogP contribution in [0, 0.1) is 0 Å². The lowest BCUT2D eigenvalue weighted by Gasteiger charge is -2.27. The number of carboxylic acid groups (broad SMARTS) is 1. The van der Waals surface area contributed by atoms with Crippen LogP contribution in [0.2, 0.25) is 0 Å². The first-order chi connectivity index (χ1) is 17.4. The zero-order chi connectivity index (χ0) is 25.7. The Labute approximate surface area is 212 Å². The maximum absolute atomic E-state index is 13.3. The molecule has 8 nitrogen and oxygen atoms in total. The molecule has 0 bridgehead atoms. The fourth-order valence-electron chi connectivity index (χ4n) is 3.81. The molecule has 1 aromatic heterocycles. The van der Waals surface area contributed by atoms with Crippen LogP contribution >= 0.6 is 11.3 Å². The van der Waals surface area contributed by atoms with Gasteiger partial charge in [-0.1, -0.05) is 24.8 Å². The van der Waals surface area contributed by atoms with E-state index in [4.69, 9.17) is 19.3 Å². The largest absolute Gasteiger partial charge is 0.496 e. The molecule has 3 aromatic rings. The van der Waals surface area contributed by atoms with E-state index in [-0.39, 0.29) is 35.0 Å². The van der Waals surface area contributed by atoms with E-state index < -0.39 is 11.8 Å². The van der Waals surface area contributed by atoms with Gasteiger partial charge in [-0.3, -0.25) is 9.59 Å². The summed E-state index contributed by atoms with van der Waals surface area (Å²) >= 11 is 1.51. The van der Waals surface area contributed by atoms with E-state index in [2.05, 4.69) is 6.58 Å². The second-order valence-electron chi connectivity index (χ2n) is 8.00. The number of carbonyl (C=O) groups excluding carboxylic acids is 2. The average molecular weight is 508 g/mol. The zero-order valence-electron chi connectivity index (χ0n) is 19.7. The van der Waals surface area contributed by atoms with Gasteiger partial charge in [-0.15, -0.1) is 11.3 Å². The van der Waals surface area contributed by atoms with Crippen molar-refractivity contribution < 1.29 is 33.7 Å². The minimum Gasteiger partial charge on any atom is -0.496 e. The summed E-state index contributed by atoms with van der Waals surface area (Å²) in [6, 6.07) is 12.9. The highest BCUT2D eigenvalue weighted by Gasteiger charge is 2.23. The molecular formula is C27H25NO7S. The van der Waals surface area contributed by atoms with E-state index in [1.165, 1.54) is 35.6 Å². The summed E-state index contributed by atoms with van der Waals surface area (Å²) < 4.78 is 16.8. The molecule has 0 spiro atoms. The number of methoxy groups -OCH3 is 1. The number of thiophene rings is 1. The molecule has 0 saturated carbocycles. The van der Waals surface area contributed by atoms with E-state index in [1.807, 2.05) is 17.5 Å². The topological polar surface area (TPSA) is 102 Å². The van der Waals surface area contributed by atoms with Gasteiger partial charge in [0.25, 0.3) is 5.91 Å². The standard InChI is InChI=1S/C27H25NO7S/c1-17(26(30)18-5-7-19(8-6-18)27(31)32)20-14-21(24-4-3-13-36-24)22(33-2)15-23(20)35-16-25(29)28-9-11-34-12-10-28/h3-8,13-15H,1,9-12,16H2,2H3,(H,31,32). The zero-order valence-corrected chi connectivity index (χ0v) is 20.5. The van der Waals surface area contributed by atoms with Crippen LogP contribution in [0.1, 0.15) is 26.3 Å². The van der Waals surface area contributed by atoms with Gasteiger partial charge in [0.15, 0.2) is 12.4 Å². The van der Waals surface area contributed by atoms with Gasteiger partial charge in [-0.05, 0) is 29.6 Å². The Kier molecular flexibility index (Phi) is 7.82. The number of benzene rings is 2. The molecule has 9 heteroatoms. The normalized spacial score (nSPS) is 13.2. The monoisotopic (exact) mass is 507 g/mol. The second-order valence-corrected chi connectivity index (χ2v) is 8.95. The number of hydrogen-bond donors (Lipinski definition) is 1. The van der Waals surface area contributed by atoms with Gasteiger partial charge in [-0.2, -0.15) is 0 Å². The summed E-state index contributed by atoms with van der Waals surface area (Å²) in [6.07, 6.45) is 0. The van der Waals surface area contributed by atoms with Crippen molar-refractivity contribution in [1.29, 1.82) is 0 Å². The number of aromatic carboxylic acids is 1. The SMILES string of the molecule is C=C(C(=O)c1ccc(C(=O)O)cc1)c1cc(-c2cccs2)c(OC)cc1OCC(=O)N1CCOCC1. The first kappa shape index (κ1) is 25.2. The van der Waals surface area contributed by atoms with Gasteiger partial charge in [0.2, 0.25) is 0 Å². The van der Waals surface area contributed by atoms with Gasteiger partial charge in [-0.25, -0.2) is 4.79 Å². The Balaban J connectivity index is 1.67. The van der Waals surface area contributed by atoms with Crippen molar-refractivity contribution in [2.45, 2.75) is 0 Å². The number of ether oxygens (including phenoxy) is 3. The van der Waals surface area contributed by atoms with Gasteiger partial charge >= 0.3 is 5.97 Å². The minimum atomic E-state index is -1.08. The Bertz CT molecular complexity index is 1280. The number of Topliss-reactive ketones (excluding diaryl/α,β-unsaturated/α-hetero) is 1. The fourth-order valence-corrected chi connectivity index (χ4v) is 4.56. The van der Waals surface area contributed by atoms with Crippen molar-refractivity contribution in [3.8, 4) is 21.9 Å². The van der Waals surface area contributed by atoms with Crippen LogP contribution in [0.15, 0.2) is 60.5 Å². The molecule has 186 valence electrons. The first-order valence-electron chi connectivity index (χ1n) is 11.2. The van der Waals surface area contributed by atoms with Crippen LogP contribution in [0.3, 0.4) is 0 Å². The van der Waals surface area contributed by atoms with Crippen LogP contribution < -0.4 is 9.47 Å². The molecular weight excluding hydrogens is 482 g/mol. The Morgan fingerprint density at radius 1 is 1.06 bits per heavy atom. The van der Waals surface area contributed by atoms with Crippen molar-refractivity contribution >= 4 is 34.6 Å². The van der Waals surface area contributed by atoms with Crippen molar-refractivity contribution in [2.24, 2.45) is 0 Å². The fraction of sp³-hybridized carbons (Fsp3) is 0.222. The predicted molar refractivity (Wildman–Crippen MR) is 136 cm³/mol. The van der Waals surface area contributed by atoms with E-state index in [0.717, 1.165) is 10.4 Å². The molecule has 0 atom stereocenters. The number of rotatable bonds is 9. The lowest BCUT2D eigenvalue weighted by atomic mass is 9.94. The quantitative estimate of drug-likeness (QED) is 0.341. The summed E-state index contributed by atoms with van der Waals surface area (Å²) in [5, 5.41) is 11.1. The van der Waals surface area contributed by atoms with Gasteiger partial charge < -0.3 is 24.2 Å². The molecule has 1 aliphatic heterocycles. The van der Waals surface area contributed by atoms with Crippen LogP contribution in [0.5, 0.6) is 11.5 Å². The number of morpholine rings is 1. The molecule has 0 radical (unpaired) electrons. The van der Waals surface area contributed by atoms with Crippen molar-refractivity contribution in [3.05, 3.63) is 77.2 Å². The third-order valence-corrected chi connectivity index (χ3v) is 6.70. The molecule has 0 aliphatic carbocycles. The summed E-state index contributed by atoms with van der Waals surface area (Å²) in [4.78, 5) is 39.7.